The Morgan fingerprint density at radius 1 is 0.957 bits per heavy atom. The van der Waals surface area contributed by atoms with E-state index < -0.39 is 0 Å². The number of rotatable bonds is 14. The second-order valence-corrected chi connectivity index (χ2v) is 14.0. The number of allylic oxidation sites excluding steroid dienone is 3. The van der Waals surface area contributed by atoms with Crippen LogP contribution < -0.4 is 16.1 Å². The van der Waals surface area contributed by atoms with Crippen molar-refractivity contribution in [2.75, 3.05) is 19.0 Å². The SMILES string of the molecule is COC(=O)C1=CC=C(CCc2ccc(BC(=O)c3c(NC(=O)c4cccc(CN[C@@H](CO)C(C)C)c4)sc4c3CCCC4)cc2)CC1. The van der Waals surface area contributed by atoms with Crippen molar-refractivity contribution in [3.05, 3.63) is 105 Å². The number of aliphatic hydroxyl groups excluding tert-OH is 1. The van der Waals surface area contributed by atoms with Crippen LogP contribution in [0.3, 0.4) is 0 Å². The van der Waals surface area contributed by atoms with Crippen molar-refractivity contribution in [3.8, 4) is 0 Å². The van der Waals surface area contributed by atoms with Crippen molar-refractivity contribution in [1.29, 1.82) is 0 Å². The number of carbonyl (C=O) groups is 3. The standard InChI is InChI=1S/C38H45BN2O5S/c1-24(2)32(23-42)40-22-27-7-6-8-29(21-27)36(44)41-37-34(31-9-4-5-10-33(31)47-37)35(43)39-30-19-15-26(16-20-30)12-11-25-13-17-28(18-14-25)38(45)46-3/h6-8,13,15-17,19-21,24,32,39-40,42H,4-5,9-12,14,18,22-23H2,1-3H3,(H,41,44)/t32-/m0/s1. The van der Waals surface area contributed by atoms with Gasteiger partial charge in [-0.25, -0.2) is 4.79 Å². The van der Waals surface area contributed by atoms with Gasteiger partial charge in [-0.3, -0.25) is 4.79 Å². The highest BCUT2D eigenvalue weighted by Gasteiger charge is 2.27. The summed E-state index contributed by atoms with van der Waals surface area (Å²) in [6.45, 7) is 4.73. The van der Waals surface area contributed by atoms with Crippen molar-refractivity contribution in [2.24, 2.45) is 5.92 Å². The van der Waals surface area contributed by atoms with Crippen molar-refractivity contribution in [3.63, 3.8) is 0 Å². The van der Waals surface area contributed by atoms with Crippen LogP contribution in [0.4, 0.5) is 5.00 Å². The molecule has 0 spiro atoms. The van der Waals surface area contributed by atoms with Crippen LogP contribution >= 0.6 is 11.3 Å². The second-order valence-electron chi connectivity index (χ2n) is 12.9. The average molecular weight is 653 g/mol. The number of hydrogen-bond acceptors (Lipinski definition) is 7. The van der Waals surface area contributed by atoms with Gasteiger partial charge in [0.05, 0.1) is 13.7 Å². The fraction of sp³-hybridized carbons (Fsp3) is 0.395. The van der Waals surface area contributed by atoms with Gasteiger partial charge in [-0.15, -0.1) is 11.3 Å². The predicted molar refractivity (Wildman–Crippen MR) is 191 cm³/mol. The first kappa shape index (κ1) is 34.5. The van der Waals surface area contributed by atoms with E-state index in [-0.39, 0.29) is 43.4 Å². The van der Waals surface area contributed by atoms with Crippen molar-refractivity contribution < 1.29 is 24.2 Å². The third-order valence-corrected chi connectivity index (χ3v) is 10.4. The topological polar surface area (TPSA) is 105 Å². The van der Waals surface area contributed by atoms with E-state index in [0.29, 0.717) is 29.1 Å². The van der Waals surface area contributed by atoms with Crippen LogP contribution in [0, 0.1) is 5.92 Å². The number of thiophene rings is 1. The van der Waals surface area contributed by atoms with E-state index in [2.05, 4.69) is 36.6 Å². The van der Waals surface area contributed by atoms with Gasteiger partial charge in [0.15, 0.2) is 0 Å². The number of methoxy groups -OCH3 is 1. The van der Waals surface area contributed by atoms with Crippen molar-refractivity contribution >= 4 is 46.6 Å². The number of amides is 1. The Morgan fingerprint density at radius 2 is 1.74 bits per heavy atom. The van der Waals surface area contributed by atoms with E-state index in [0.717, 1.165) is 67.1 Å². The van der Waals surface area contributed by atoms with Crippen LogP contribution in [0.1, 0.15) is 88.2 Å². The van der Waals surface area contributed by atoms with E-state index in [4.69, 9.17) is 4.74 Å². The summed E-state index contributed by atoms with van der Waals surface area (Å²) in [6.07, 6.45) is 11.2. The highest BCUT2D eigenvalue weighted by molar-refractivity contribution is 7.17. The van der Waals surface area contributed by atoms with E-state index in [1.165, 1.54) is 23.1 Å². The number of anilines is 1. The van der Waals surface area contributed by atoms with Crippen LogP contribution in [0.2, 0.25) is 0 Å². The molecule has 0 saturated carbocycles. The van der Waals surface area contributed by atoms with E-state index in [9.17, 15) is 19.5 Å². The van der Waals surface area contributed by atoms with Crippen LogP contribution in [0.15, 0.2) is 71.8 Å². The fourth-order valence-corrected chi connectivity index (χ4v) is 7.60. The molecule has 2 aromatic carbocycles. The summed E-state index contributed by atoms with van der Waals surface area (Å²) >= 11 is 1.55. The van der Waals surface area contributed by atoms with Gasteiger partial charge in [0, 0.05) is 34.2 Å². The summed E-state index contributed by atoms with van der Waals surface area (Å²) in [7, 11) is 1.69. The summed E-state index contributed by atoms with van der Waals surface area (Å²) in [5.74, 6) is -0.189. The van der Waals surface area contributed by atoms with Gasteiger partial charge in [-0.05, 0) is 86.1 Å². The predicted octanol–water partition coefficient (Wildman–Crippen LogP) is 5.64. The number of ether oxygens (including phenoxy) is 1. The maximum absolute atomic E-state index is 13.9. The fourth-order valence-electron chi connectivity index (χ4n) is 6.30. The van der Waals surface area contributed by atoms with Crippen LogP contribution in [-0.2, 0) is 35.3 Å². The molecule has 3 N–H and O–H groups in total. The summed E-state index contributed by atoms with van der Waals surface area (Å²) in [6, 6.07) is 15.7. The molecule has 2 aliphatic rings. The molecule has 0 saturated heterocycles. The first-order chi connectivity index (χ1) is 22.7. The molecule has 1 atom stereocenters. The Hall–Kier alpha value is -3.79. The maximum Gasteiger partial charge on any atom is 0.333 e. The Labute approximate surface area is 282 Å². The second kappa shape index (κ2) is 16.4. The quantitative estimate of drug-likeness (QED) is 0.154. The number of hydrogen-bond donors (Lipinski definition) is 3. The molecule has 7 nitrogen and oxygen atoms in total. The largest absolute Gasteiger partial charge is 0.466 e. The number of benzene rings is 2. The third-order valence-electron chi connectivity index (χ3n) is 9.24. The summed E-state index contributed by atoms with van der Waals surface area (Å²) in [5, 5.41) is 16.8. The Kier molecular flexibility index (Phi) is 12.0. The zero-order valence-electron chi connectivity index (χ0n) is 27.7. The van der Waals surface area contributed by atoms with E-state index >= 15 is 0 Å². The number of esters is 1. The van der Waals surface area contributed by atoms with Crippen LogP contribution in [0.25, 0.3) is 0 Å². The summed E-state index contributed by atoms with van der Waals surface area (Å²) in [4.78, 5) is 40.3. The molecule has 0 bridgehead atoms. The molecule has 3 aromatic rings. The molecule has 9 heteroatoms. The lowest BCUT2D eigenvalue weighted by molar-refractivity contribution is -0.136. The van der Waals surface area contributed by atoms with E-state index in [1.54, 1.807) is 17.4 Å². The highest BCUT2D eigenvalue weighted by atomic mass is 32.1. The van der Waals surface area contributed by atoms with Crippen LogP contribution in [-0.4, -0.2) is 49.7 Å². The van der Waals surface area contributed by atoms with Gasteiger partial charge in [0.2, 0.25) is 7.28 Å². The molecule has 47 heavy (non-hydrogen) atoms. The van der Waals surface area contributed by atoms with Gasteiger partial charge >= 0.3 is 5.97 Å². The first-order valence-corrected chi connectivity index (χ1v) is 17.5. The number of aliphatic hydroxyl groups is 1. The summed E-state index contributed by atoms with van der Waals surface area (Å²) in [5.41, 5.74) is 7.51. The smallest absolute Gasteiger partial charge is 0.333 e. The Morgan fingerprint density at radius 3 is 2.45 bits per heavy atom. The minimum atomic E-state index is -0.253. The molecule has 0 radical (unpaired) electrons. The molecule has 0 aliphatic heterocycles. The maximum atomic E-state index is 13.9. The molecule has 1 aromatic heterocycles. The van der Waals surface area contributed by atoms with Crippen LogP contribution in [0.5, 0.6) is 0 Å². The lowest BCUT2D eigenvalue weighted by Crippen LogP contribution is -2.36. The minimum absolute atomic E-state index is 0.0178. The molecular weight excluding hydrogens is 607 g/mol. The molecule has 0 unspecified atom stereocenters. The molecule has 246 valence electrons. The van der Waals surface area contributed by atoms with Crippen molar-refractivity contribution in [1.82, 2.24) is 5.32 Å². The molecule has 2 aliphatic carbocycles. The first-order valence-electron chi connectivity index (χ1n) is 16.7. The van der Waals surface area contributed by atoms with Gasteiger partial charge in [0.1, 0.15) is 10.7 Å². The molecule has 1 amide bonds. The zero-order chi connectivity index (χ0) is 33.3. The normalized spacial score (nSPS) is 14.9. The number of fused-ring (bicyclic) bond motifs is 1. The van der Waals surface area contributed by atoms with Gasteiger partial charge in [0.25, 0.3) is 5.91 Å². The number of nitrogens with one attached hydrogen (secondary N) is 2. The van der Waals surface area contributed by atoms with Gasteiger partial charge in [-0.1, -0.05) is 73.4 Å². The molecule has 0 fully saturated rings. The third kappa shape index (κ3) is 8.98. The minimum Gasteiger partial charge on any atom is -0.466 e. The Balaban J connectivity index is 1.24. The molecule has 1 heterocycles. The number of aryl methyl sites for hydroxylation is 2. The zero-order valence-corrected chi connectivity index (χ0v) is 28.5. The van der Waals surface area contributed by atoms with E-state index in [1.807, 2.05) is 42.5 Å². The van der Waals surface area contributed by atoms with Gasteiger partial charge < -0.3 is 25.3 Å². The number of carbonyl (C=O) groups excluding carboxylic acids is 3. The Bertz CT molecular complexity index is 1660. The van der Waals surface area contributed by atoms with Crippen molar-refractivity contribution in [2.45, 2.75) is 77.8 Å². The lowest BCUT2D eigenvalue weighted by atomic mass is 9.63. The van der Waals surface area contributed by atoms with Gasteiger partial charge in [-0.2, -0.15) is 0 Å². The average Bonchev–Trinajstić information content (AvgIpc) is 3.46. The molecule has 5 rings (SSSR count). The summed E-state index contributed by atoms with van der Waals surface area (Å²) < 4.78 is 4.82. The monoisotopic (exact) mass is 652 g/mol. The lowest BCUT2D eigenvalue weighted by Gasteiger charge is -2.20. The highest BCUT2D eigenvalue weighted by Crippen LogP contribution is 2.38. The molecular formula is C38H45BN2O5S.